The van der Waals surface area contributed by atoms with Crippen LogP contribution in [0.15, 0.2) is 42.5 Å². The first kappa shape index (κ1) is 20.2. The van der Waals surface area contributed by atoms with Crippen molar-refractivity contribution in [1.82, 2.24) is 10.2 Å². The highest BCUT2D eigenvalue weighted by atomic mass is 16.6. The second kappa shape index (κ2) is 7.44. The quantitative estimate of drug-likeness (QED) is 0.453. The van der Waals surface area contributed by atoms with Crippen LogP contribution < -0.4 is 10.2 Å². The Bertz CT molecular complexity index is 1160. The number of benzene rings is 2. The number of hydrogen-bond donors (Lipinski definition) is 1. The highest BCUT2D eigenvalue weighted by Gasteiger charge is 2.52. The van der Waals surface area contributed by atoms with Crippen LogP contribution >= 0.6 is 0 Å². The summed E-state index contributed by atoms with van der Waals surface area (Å²) in [5.41, 5.74) is 2.50. The number of fused-ring (bicyclic) bond motifs is 2. The number of urea groups is 1. The monoisotopic (exact) mass is 434 g/mol. The number of aryl methyl sites for hydroxylation is 2. The Hall–Kier alpha value is -3.75. The number of non-ortho nitro benzene ring substituents is 1. The molecule has 2 aromatic carbocycles. The fraction of sp³-hybridized carbons (Fsp3) is 0.348. The van der Waals surface area contributed by atoms with E-state index in [2.05, 4.69) is 5.32 Å². The molecule has 1 atom stereocenters. The molecule has 4 amide bonds. The first-order valence-electron chi connectivity index (χ1n) is 10.7. The molecular weight excluding hydrogens is 412 g/mol. The van der Waals surface area contributed by atoms with Gasteiger partial charge < -0.3 is 10.2 Å². The zero-order valence-electron chi connectivity index (χ0n) is 17.4. The molecule has 2 heterocycles. The van der Waals surface area contributed by atoms with Crippen molar-refractivity contribution in [1.29, 1.82) is 0 Å². The molecule has 0 aromatic heterocycles. The van der Waals surface area contributed by atoms with Crippen LogP contribution in [0.25, 0.3) is 0 Å². The van der Waals surface area contributed by atoms with Crippen LogP contribution in [0.3, 0.4) is 0 Å². The van der Waals surface area contributed by atoms with E-state index in [9.17, 15) is 24.5 Å². The summed E-state index contributed by atoms with van der Waals surface area (Å²) in [7, 11) is 0. The third-order valence-corrected chi connectivity index (χ3v) is 6.66. The average molecular weight is 434 g/mol. The second-order valence-corrected chi connectivity index (χ2v) is 8.57. The van der Waals surface area contributed by atoms with Gasteiger partial charge in [0.15, 0.2) is 0 Å². The van der Waals surface area contributed by atoms with E-state index in [1.807, 2.05) is 24.3 Å². The smallest absolute Gasteiger partial charge is 0.323 e. The first-order valence-corrected chi connectivity index (χ1v) is 10.7. The highest BCUT2D eigenvalue weighted by molar-refractivity contribution is 6.10. The van der Waals surface area contributed by atoms with Crippen molar-refractivity contribution >= 4 is 29.2 Å². The van der Waals surface area contributed by atoms with E-state index in [0.717, 1.165) is 16.0 Å². The summed E-state index contributed by atoms with van der Waals surface area (Å²) in [6.45, 7) is 0.0797. The molecule has 32 heavy (non-hydrogen) atoms. The zero-order chi connectivity index (χ0) is 22.5. The van der Waals surface area contributed by atoms with Gasteiger partial charge in [-0.3, -0.25) is 24.6 Å². The van der Waals surface area contributed by atoms with E-state index in [1.54, 1.807) is 6.07 Å². The molecule has 3 aliphatic rings. The minimum atomic E-state index is -1.01. The minimum absolute atomic E-state index is 0.0216. The number of anilines is 1. The van der Waals surface area contributed by atoms with Crippen LogP contribution in [-0.2, 0) is 28.9 Å². The summed E-state index contributed by atoms with van der Waals surface area (Å²) in [5.74, 6) is -0.747. The van der Waals surface area contributed by atoms with Crippen molar-refractivity contribution in [3.63, 3.8) is 0 Å². The second-order valence-electron chi connectivity index (χ2n) is 8.57. The standard InChI is InChI=1S/C23H22N4O5/c28-20(25-11-3-6-16-12-18(27(31)32)7-8-19(16)25)14-26-21(29)23(24-22(26)30)10-9-15-4-1-2-5-17(15)13-23/h1-2,4-5,7-8,12H,3,6,9-11,13-14H2,(H,24,30). The molecule has 2 aliphatic heterocycles. The Kier molecular flexibility index (Phi) is 4.69. The maximum absolute atomic E-state index is 13.3. The predicted octanol–water partition coefficient (Wildman–Crippen LogP) is 2.35. The van der Waals surface area contributed by atoms with Crippen molar-refractivity contribution in [2.75, 3.05) is 18.0 Å². The number of carbonyl (C=O) groups excluding carboxylic acids is 3. The molecule has 164 valence electrons. The molecule has 0 bridgehead atoms. The van der Waals surface area contributed by atoms with Gasteiger partial charge in [0.05, 0.1) is 4.92 Å². The number of hydrogen-bond acceptors (Lipinski definition) is 5. The molecule has 5 rings (SSSR count). The van der Waals surface area contributed by atoms with E-state index in [0.29, 0.717) is 44.3 Å². The Labute approximate surface area is 184 Å². The normalized spacial score (nSPS) is 21.9. The van der Waals surface area contributed by atoms with Gasteiger partial charge >= 0.3 is 6.03 Å². The summed E-state index contributed by atoms with van der Waals surface area (Å²) in [5, 5.41) is 13.9. The van der Waals surface area contributed by atoms with Gasteiger partial charge in [0, 0.05) is 30.8 Å². The fourth-order valence-corrected chi connectivity index (χ4v) is 5.02. The summed E-state index contributed by atoms with van der Waals surface area (Å²) < 4.78 is 0. The SMILES string of the molecule is O=C1NC2(CCc3ccccc3C2)C(=O)N1CC(=O)N1CCCc2cc([N+](=O)[O-])ccc21. The largest absolute Gasteiger partial charge is 0.325 e. The first-order chi connectivity index (χ1) is 15.4. The van der Waals surface area contributed by atoms with Crippen molar-refractivity contribution in [3.8, 4) is 0 Å². The van der Waals surface area contributed by atoms with E-state index in [4.69, 9.17) is 0 Å². The molecule has 1 unspecified atom stereocenters. The molecule has 9 nitrogen and oxygen atoms in total. The molecule has 1 N–H and O–H groups in total. The third-order valence-electron chi connectivity index (χ3n) is 6.66. The Morgan fingerprint density at radius 2 is 1.88 bits per heavy atom. The molecule has 1 spiro atoms. The van der Waals surface area contributed by atoms with Crippen molar-refractivity contribution in [3.05, 3.63) is 69.3 Å². The summed E-state index contributed by atoms with van der Waals surface area (Å²) >= 11 is 0. The number of nitrogens with zero attached hydrogens (tertiary/aromatic N) is 3. The highest BCUT2D eigenvalue weighted by Crippen LogP contribution is 2.34. The van der Waals surface area contributed by atoms with Gasteiger partial charge in [0.2, 0.25) is 5.91 Å². The van der Waals surface area contributed by atoms with Crippen molar-refractivity contribution < 1.29 is 19.3 Å². The van der Waals surface area contributed by atoms with Gasteiger partial charge in [0.1, 0.15) is 12.1 Å². The molecule has 0 radical (unpaired) electrons. The Balaban J connectivity index is 1.35. The van der Waals surface area contributed by atoms with Gasteiger partial charge in [-0.25, -0.2) is 4.79 Å². The lowest BCUT2D eigenvalue weighted by Crippen LogP contribution is -2.52. The van der Waals surface area contributed by atoms with Crippen LogP contribution in [0.5, 0.6) is 0 Å². The molecule has 0 saturated carbocycles. The van der Waals surface area contributed by atoms with E-state index < -0.39 is 16.5 Å². The molecule has 1 aliphatic carbocycles. The summed E-state index contributed by atoms with van der Waals surface area (Å²) in [4.78, 5) is 52.2. The Morgan fingerprint density at radius 3 is 2.66 bits per heavy atom. The maximum atomic E-state index is 13.3. The van der Waals surface area contributed by atoms with Crippen LogP contribution in [0.4, 0.5) is 16.2 Å². The number of nitro groups is 1. The Morgan fingerprint density at radius 1 is 1.09 bits per heavy atom. The minimum Gasteiger partial charge on any atom is -0.323 e. The number of amides is 4. The average Bonchev–Trinajstić information content (AvgIpc) is 3.01. The van der Waals surface area contributed by atoms with E-state index >= 15 is 0 Å². The van der Waals surface area contributed by atoms with Gasteiger partial charge in [-0.2, -0.15) is 0 Å². The van der Waals surface area contributed by atoms with Gasteiger partial charge in [0.25, 0.3) is 11.6 Å². The lowest BCUT2D eigenvalue weighted by Gasteiger charge is -2.33. The van der Waals surface area contributed by atoms with E-state index in [1.165, 1.54) is 22.6 Å². The maximum Gasteiger partial charge on any atom is 0.325 e. The van der Waals surface area contributed by atoms with Crippen LogP contribution in [0.1, 0.15) is 29.5 Å². The number of rotatable bonds is 3. The molecule has 1 fully saturated rings. The number of nitro benzene ring substituents is 1. The number of imide groups is 1. The van der Waals surface area contributed by atoms with Gasteiger partial charge in [-0.1, -0.05) is 24.3 Å². The molecule has 9 heteroatoms. The van der Waals surface area contributed by atoms with Crippen molar-refractivity contribution in [2.45, 2.75) is 37.6 Å². The number of carbonyl (C=O) groups is 3. The van der Waals surface area contributed by atoms with Crippen LogP contribution in [-0.4, -0.2) is 46.3 Å². The van der Waals surface area contributed by atoms with Crippen LogP contribution in [0.2, 0.25) is 0 Å². The van der Waals surface area contributed by atoms with Gasteiger partial charge in [-0.15, -0.1) is 0 Å². The van der Waals surface area contributed by atoms with Crippen molar-refractivity contribution in [2.24, 2.45) is 0 Å². The number of nitrogens with one attached hydrogen (secondary N) is 1. The zero-order valence-corrected chi connectivity index (χ0v) is 17.4. The molecule has 1 saturated heterocycles. The van der Waals surface area contributed by atoms with Gasteiger partial charge in [-0.05, 0) is 48.4 Å². The lowest BCUT2D eigenvalue weighted by atomic mass is 9.78. The molecule has 2 aromatic rings. The topological polar surface area (TPSA) is 113 Å². The summed E-state index contributed by atoms with van der Waals surface area (Å²) in [6, 6.07) is 11.7. The fourth-order valence-electron chi connectivity index (χ4n) is 5.02. The third kappa shape index (κ3) is 3.21. The van der Waals surface area contributed by atoms with E-state index in [-0.39, 0.29) is 24.0 Å². The lowest BCUT2D eigenvalue weighted by molar-refractivity contribution is -0.384. The summed E-state index contributed by atoms with van der Waals surface area (Å²) in [6.07, 6.45) is 2.87. The molecular formula is C23H22N4O5. The predicted molar refractivity (Wildman–Crippen MR) is 115 cm³/mol. The van der Waals surface area contributed by atoms with Crippen LogP contribution in [0, 0.1) is 10.1 Å².